The predicted molar refractivity (Wildman–Crippen MR) is 319 cm³/mol. The predicted octanol–water partition coefficient (Wildman–Crippen LogP) is -3.94. The lowest BCUT2D eigenvalue weighted by molar-refractivity contribution is -0.142. The summed E-state index contributed by atoms with van der Waals surface area (Å²) in [5.74, 6) is -10.0. The smallest absolute Gasteiger partial charge is 0.327 e. The van der Waals surface area contributed by atoms with Crippen molar-refractivity contribution in [2.75, 3.05) is 50.1 Å². The Labute approximate surface area is 518 Å². The van der Waals surface area contributed by atoms with Crippen LogP contribution in [0.25, 0.3) is 11.1 Å². The first-order valence-electron chi connectivity index (χ1n) is 28.0. The number of nitrogens with zero attached hydrogens (tertiary/aromatic N) is 1. The minimum absolute atomic E-state index is 0.0466. The molecule has 0 bridgehead atoms. The summed E-state index contributed by atoms with van der Waals surface area (Å²) in [7, 11) is 2.14. The van der Waals surface area contributed by atoms with Gasteiger partial charge in [0.15, 0.2) is 0 Å². The molecule has 0 spiro atoms. The van der Waals surface area contributed by atoms with E-state index in [-0.39, 0.29) is 24.5 Å². The fourth-order valence-corrected chi connectivity index (χ4v) is 11.9. The Kier molecular flexibility index (Phi) is 32.0. The van der Waals surface area contributed by atoms with Gasteiger partial charge < -0.3 is 98.5 Å². The maximum atomic E-state index is 14.5. The zero-order valence-corrected chi connectivity index (χ0v) is 50.3. The molecule has 1 aliphatic carbocycles. The molecule has 19 N–H and O–H groups in total. The number of hydrogen-bond acceptors (Lipinski definition) is 23. The normalized spacial score (nSPS) is 16.4. The number of carbonyl (C=O) groups is 9. The fraction of sp³-hybridized carbons (Fsp3) is 0.536. The Hall–Kier alpha value is -6.53. The molecule has 7 amide bonds. The second kappa shape index (κ2) is 38.1. The van der Waals surface area contributed by atoms with Gasteiger partial charge >= 0.3 is 11.9 Å². The van der Waals surface area contributed by atoms with E-state index in [1.807, 2.05) is 36.4 Å². The van der Waals surface area contributed by atoms with Gasteiger partial charge in [-0.3, -0.25) is 38.4 Å². The van der Waals surface area contributed by atoms with E-state index in [0.29, 0.717) is 16.5 Å². The molecule has 0 saturated carbocycles. The Morgan fingerprint density at radius 3 is 1.47 bits per heavy atom. The van der Waals surface area contributed by atoms with Crippen LogP contribution in [0, 0.1) is 5.92 Å². The number of amides is 7. The molecule has 4 rings (SSSR count). The van der Waals surface area contributed by atoms with Gasteiger partial charge in [0.05, 0.1) is 25.4 Å². The van der Waals surface area contributed by atoms with Crippen molar-refractivity contribution in [2.45, 2.75) is 136 Å². The first kappa shape index (κ1) is 73.9. The molecule has 1 aliphatic rings. The lowest BCUT2D eigenvalue weighted by atomic mass is 9.99. The molecule has 0 aliphatic heterocycles. The number of benzene rings is 2. The summed E-state index contributed by atoms with van der Waals surface area (Å²) in [5.41, 5.74) is 4.51. The number of fused-ring (bicyclic) bond motifs is 3. The first-order chi connectivity index (χ1) is 41.9. The molecular formula is C56H78N8O21S3. The van der Waals surface area contributed by atoms with Crippen LogP contribution in [0.4, 0.5) is 0 Å². The molecule has 88 heavy (non-hydrogen) atoms. The number of aliphatic carboxylic acids is 2. The van der Waals surface area contributed by atoms with Crippen LogP contribution in [-0.4, -0.2) is 243 Å². The Bertz CT molecular complexity index is 2740. The average Bonchev–Trinajstić information content (AvgIpc) is 2.02. The van der Waals surface area contributed by atoms with Gasteiger partial charge in [0.25, 0.3) is 0 Å². The summed E-state index contributed by atoms with van der Waals surface area (Å²) in [6.45, 7) is -2.64. The molecule has 29 nitrogen and oxygen atoms in total. The summed E-state index contributed by atoms with van der Waals surface area (Å²) in [5, 5.41) is 135. The fourth-order valence-electron chi connectivity index (χ4n) is 8.72. The first-order valence-corrected chi connectivity index (χ1v) is 31.4. The molecule has 2 aromatic carbocycles. The molecule has 13 atom stereocenters. The van der Waals surface area contributed by atoms with Gasteiger partial charge in [0.1, 0.15) is 65.8 Å². The maximum absolute atomic E-state index is 14.5. The van der Waals surface area contributed by atoms with Crippen molar-refractivity contribution in [2.24, 2.45) is 5.92 Å². The van der Waals surface area contributed by atoms with Gasteiger partial charge in [-0.2, -0.15) is 11.8 Å². The zero-order valence-electron chi connectivity index (χ0n) is 47.8. The van der Waals surface area contributed by atoms with E-state index >= 15 is 0 Å². The monoisotopic (exact) mass is 1290 g/mol. The molecular weight excluding hydrogens is 1220 g/mol. The van der Waals surface area contributed by atoms with Gasteiger partial charge in [0.2, 0.25) is 41.4 Å². The summed E-state index contributed by atoms with van der Waals surface area (Å²) in [6, 6.07) is 14.1. The Morgan fingerprint density at radius 2 is 0.955 bits per heavy atom. The number of nitrogens with one attached hydrogen (secondary N) is 7. The number of rotatable bonds is 41. The van der Waals surface area contributed by atoms with Crippen molar-refractivity contribution in [1.29, 1.82) is 0 Å². The highest BCUT2D eigenvalue weighted by Gasteiger charge is 2.36. The van der Waals surface area contributed by atoms with Gasteiger partial charge in [-0.25, -0.2) is 9.78 Å². The molecule has 1 heterocycles. The number of carboxylic acid groups (broad SMARTS) is 2. The molecule has 3 aromatic rings. The largest absolute Gasteiger partial charge is 0.481 e. The summed E-state index contributed by atoms with van der Waals surface area (Å²) in [6.07, 6.45) is -17.4. The van der Waals surface area contributed by atoms with E-state index in [1.165, 1.54) is 24.9 Å². The van der Waals surface area contributed by atoms with Crippen LogP contribution in [0.1, 0.15) is 68.9 Å². The van der Waals surface area contributed by atoms with Crippen LogP contribution in [0.2, 0.25) is 0 Å². The number of aliphatic hydroxyl groups excluding tert-OH is 10. The van der Waals surface area contributed by atoms with E-state index in [9.17, 15) is 94.2 Å². The van der Waals surface area contributed by atoms with E-state index in [4.69, 9.17) is 10.2 Å². The molecule has 0 unspecified atom stereocenters. The third-order valence-corrected chi connectivity index (χ3v) is 17.3. The highest BCUT2D eigenvalue weighted by molar-refractivity contribution is 8.76. The van der Waals surface area contributed by atoms with Crippen molar-refractivity contribution in [3.8, 4) is 11.1 Å². The Balaban J connectivity index is 1.54. The SMILES string of the molecule is C[C@@H](CCC(=O)NC[C@H](O)[C@@H](O)[C@H](O)[C@H](O)CO)C(=O)N[C@@H](CCC(=O)O)C(=O)N[C@@H](CCC(=O)NC[C@H](O)[C@@H](O)[C@H](O)[C@H](O)CO)C(=O)N[C@@H](CNC(=O)CCSCC1c2ccccc2-c2ccccc21)C(=O)N[C@@H](CSSc1ccccn1)C(=O)O. The molecule has 1 aromatic heterocycles. The van der Waals surface area contributed by atoms with E-state index < -0.39 is 197 Å². The third kappa shape index (κ3) is 24.1. The minimum atomic E-state index is -2.08. The highest BCUT2D eigenvalue weighted by atomic mass is 33.1. The molecule has 0 saturated heterocycles. The van der Waals surface area contributed by atoms with Crippen molar-refractivity contribution in [3.05, 3.63) is 84.1 Å². The number of aromatic nitrogens is 1. The molecule has 0 fully saturated rings. The summed E-state index contributed by atoms with van der Waals surface area (Å²) >= 11 is 1.50. The zero-order chi connectivity index (χ0) is 65.0. The van der Waals surface area contributed by atoms with Crippen LogP contribution < -0.4 is 37.2 Å². The lowest BCUT2D eigenvalue weighted by Gasteiger charge is -2.27. The minimum Gasteiger partial charge on any atom is -0.481 e. The van der Waals surface area contributed by atoms with Gasteiger partial charge in [0, 0.05) is 80.6 Å². The maximum Gasteiger partial charge on any atom is 0.327 e. The number of thioether (sulfide) groups is 1. The number of aliphatic hydroxyl groups is 10. The van der Waals surface area contributed by atoms with Crippen molar-refractivity contribution in [1.82, 2.24) is 42.2 Å². The van der Waals surface area contributed by atoms with Crippen LogP contribution in [-0.2, 0) is 43.2 Å². The lowest BCUT2D eigenvalue weighted by Crippen LogP contribution is -2.60. The molecule has 0 radical (unpaired) electrons. The highest BCUT2D eigenvalue weighted by Crippen LogP contribution is 2.45. The van der Waals surface area contributed by atoms with E-state index in [1.54, 1.807) is 18.2 Å². The van der Waals surface area contributed by atoms with Gasteiger partial charge in [-0.05, 0) is 64.4 Å². The van der Waals surface area contributed by atoms with Crippen LogP contribution in [0.3, 0.4) is 0 Å². The number of carbonyl (C=O) groups excluding carboxylic acids is 7. The quantitative estimate of drug-likeness (QED) is 0.0190. The van der Waals surface area contributed by atoms with Crippen molar-refractivity contribution < 1.29 is 104 Å². The van der Waals surface area contributed by atoms with Crippen LogP contribution in [0.5, 0.6) is 0 Å². The summed E-state index contributed by atoms with van der Waals surface area (Å²) < 4.78 is 0. The summed E-state index contributed by atoms with van der Waals surface area (Å²) in [4.78, 5) is 124. The second-order valence-corrected chi connectivity index (χ2v) is 24.1. The van der Waals surface area contributed by atoms with E-state index in [0.717, 1.165) is 43.8 Å². The number of hydrogen-bond donors (Lipinski definition) is 19. The van der Waals surface area contributed by atoms with Crippen LogP contribution >= 0.6 is 33.3 Å². The number of pyridine rings is 1. The van der Waals surface area contributed by atoms with E-state index in [2.05, 4.69) is 54.3 Å². The van der Waals surface area contributed by atoms with Gasteiger partial charge in [-0.15, -0.1) is 0 Å². The number of carboxylic acids is 2. The average molecular weight is 1300 g/mol. The van der Waals surface area contributed by atoms with Gasteiger partial charge in [-0.1, -0.05) is 72.3 Å². The second-order valence-electron chi connectivity index (χ2n) is 20.6. The standard InChI is InChI=1S/C56H78N8O21S3/c1-29(13-16-43(71)59-23-39(67)48(76)50(78)41(69)25-65)52(80)61-36(15-18-47(74)75)53(81)62-35(14-17-44(72)60-24-40(68)49(77)51(79)42(70)26-66)54(82)63-37(55(83)64-38(56(84)85)28-87-88-46-12-6-7-20-57-46)22-58-45(73)19-21-86-27-34-32-10-4-2-8-30(32)31-9-3-5-11-33(31)34/h2-12,20,29,34-42,48-51,65-70,76-79H,13-19,21-28H2,1H3,(H,58,73)(H,59,71)(H,60,72)(H,61,80)(H,62,81)(H,63,82)(H,64,83)(H,74,75)(H,84,85)/t29-,35-,36-,37-,38-,39-,40-,41+,42+,48+,49+,50+,51+/m0/s1. The van der Waals surface area contributed by atoms with Crippen molar-refractivity contribution in [3.63, 3.8) is 0 Å². The van der Waals surface area contributed by atoms with Crippen molar-refractivity contribution >= 4 is 86.6 Å². The molecule has 486 valence electrons. The molecule has 32 heteroatoms. The Morgan fingerprint density at radius 1 is 0.511 bits per heavy atom. The topological polar surface area (TPSA) is 493 Å². The third-order valence-electron chi connectivity index (χ3n) is 14.0. The van der Waals surface area contributed by atoms with Crippen LogP contribution in [0.15, 0.2) is 78.0 Å².